The minimum Gasteiger partial charge on any atom is -0.462 e. The van der Waals surface area contributed by atoms with Crippen LogP contribution in [0.4, 0.5) is 18.9 Å². The van der Waals surface area contributed by atoms with E-state index < -0.39 is 17.7 Å². The molecule has 1 heterocycles. The maximum Gasteiger partial charge on any atom is 0.417 e. The molecule has 2 aromatic carbocycles. The highest BCUT2D eigenvalue weighted by atomic mass is 19.4. The molecule has 0 radical (unpaired) electrons. The second-order valence-electron chi connectivity index (χ2n) is 5.06. The van der Waals surface area contributed by atoms with E-state index in [1.807, 2.05) is 0 Å². The van der Waals surface area contributed by atoms with Crippen molar-refractivity contribution in [1.29, 1.82) is 0 Å². The predicted octanol–water partition coefficient (Wildman–Crippen LogP) is 4.10. The van der Waals surface area contributed by atoms with E-state index in [4.69, 9.17) is 10.5 Å². The molecule has 0 unspecified atom stereocenters. The van der Waals surface area contributed by atoms with Crippen LogP contribution in [0.25, 0.3) is 21.8 Å². The fraction of sp³-hybridized carbons (Fsp3) is 0.188. The summed E-state index contributed by atoms with van der Waals surface area (Å²) in [6.45, 7) is 1.77. The van der Waals surface area contributed by atoms with Gasteiger partial charge in [-0.3, -0.25) is 0 Å². The van der Waals surface area contributed by atoms with Gasteiger partial charge in [-0.15, -0.1) is 0 Å². The number of anilines is 1. The minimum atomic E-state index is -4.59. The zero-order valence-corrected chi connectivity index (χ0v) is 12.1. The Kier molecular flexibility index (Phi) is 3.43. The summed E-state index contributed by atoms with van der Waals surface area (Å²) in [5.74, 6) is -0.663. The topological polar surface area (TPSA) is 68.1 Å². The third-order valence-corrected chi connectivity index (χ3v) is 3.55. The molecule has 1 aromatic heterocycles. The molecule has 0 aliphatic carbocycles. The highest BCUT2D eigenvalue weighted by Crippen LogP contribution is 2.40. The molecule has 0 saturated carbocycles. The van der Waals surface area contributed by atoms with Crippen molar-refractivity contribution in [3.63, 3.8) is 0 Å². The van der Waals surface area contributed by atoms with Crippen molar-refractivity contribution in [3.05, 3.63) is 41.5 Å². The number of rotatable bonds is 2. The number of hydrogen-bond acceptors (Lipinski definition) is 3. The predicted molar refractivity (Wildman–Crippen MR) is 81.2 cm³/mol. The van der Waals surface area contributed by atoms with Crippen molar-refractivity contribution in [1.82, 2.24) is 4.98 Å². The average molecular weight is 322 g/mol. The van der Waals surface area contributed by atoms with Gasteiger partial charge in [-0.1, -0.05) is 6.07 Å². The first-order valence-electron chi connectivity index (χ1n) is 6.91. The van der Waals surface area contributed by atoms with Gasteiger partial charge in [0.05, 0.1) is 17.7 Å². The molecule has 4 nitrogen and oxygen atoms in total. The summed E-state index contributed by atoms with van der Waals surface area (Å²) in [6, 6.07) is 6.93. The number of carbonyl (C=O) groups is 1. The number of alkyl halides is 3. The Morgan fingerprint density at radius 3 is 2.61 bits per heavy atom. The van der Waals surface area contributed by atoms with Gasteiger partial charge in [0.1, 0.15) is 0 Å². The number of ether oxygens (including phenoxy) is 1. The molecule has 0 spiro atoms. The number of carbonyl (C=O) groups excluding carboxylic acids is 1. The summed E-state index contributed by atoms with van der Waals surface area (Å²) in [7, 11) is 0. The van der Waals surface area contributed by atoms with Crippen molar-refractivity contribution in [2.75, 3.05) is 12.3 Å². The summed E-state index contributed by atoms with van der Waals surface area (Å²) in [5, 5.41) is 0.110. The summed E-state index contributed by atoms with van der Waals surface area (Å²) in [5.41, 5.74) is 5.43. The molecule has 0 aliphatic rings. The van der Waals surface area contributed by atoms with E-state index in [0.717, 1.165) is 6.07 Å². The largest absolute Gasteiger partial charge is 0.462 e. The Labute approximate surface area is 129 Å². The van der Waals surface area contributed by atoms with Crippen LogP contribution < -0.4 is 5.73 Å². The normalized spacial score (nSPS) is 12.0. The lowest BCUT2D eigenvalue weighted by Gasteiger charge is -2.11. The molecular formula is C16H13F3N2O2. The van der Waals surface area contributed by atoms with E-state index in [0.29, 0.717) is 5.52 Å². The Morgan fingerprint density at radius 1 is 1.22 bits per heavy atom. The maximum atomic E-state index is 13.4. The van der Waals surface area contributed by atoms with Crippen LogP contribution in [0.3, 0.4) is 0 Å². The van der Waals surface area contributed by atoms with Gasteiger partial charge in [0.2, 0.25) is 0 Å². The molecule has 3 aromatic rings. The molecule has 23 heavy (non-hydrogen) atoms. The molecule has 0 bridgehead atoms. The molecule has 3 N–H and O–H groups in total. The number of fused-ring (bicyclic) bond motifs is 3. The lowest BCUT2D eigenvalue weighted by atomic mass is 10.0. The van der Waals surface area contributed by atoms with E-state index in [2.05, 4.69) is 4.98 Å². The van der Waals surface area contributed by atoms with Crippen LogP contribution in [0.15, 0.2) is 30.3 Å². The van der Waals surface area contributed by atoms with E-state index >= 15 is 0 Å². The first-order chi connectivity index (χ1) is 10.8. The van der Waals surface area contributed by atoms with Crippen molar-refractivity contribution in [2.24, 2.45) is 0 Å². The smallest absolute Gasteiger partial charge is 0.417 e. The van der Waals surface area contributed by atoms with Gasteiger partial charge < -0.3 is 15.5 Å². The fourth-order valence-electron chi connectivity index (χ4n) is 2.71. The molecule has 3 rings (SSSR count). The number of benzene rings is 2. The number of nitrogen functional groups attached to an aromatic ring is 1. The standard InChI is InChI=1S/C16H13F3N2O2/c1-2-23-15(22)9-4-3-5-11-13(9)14-10(16(17,18)19)6-8(20)7-12(14)21-11/h3-7,21H,2,20H2,1H3. The second-order valence-corrected chi connectivity index (χ2v) is 5.06. The highest BCUT2D eigenvalue weighted by Gasteiger charge is 2.35. The molecular weight excluding hydrogens is 309 g/mol. The van der Waals surface area contributed by atoms with E-state index in [-0.39, 0.29) is 34.1 Å². The molecule has 120 valence electrons. The molecule has 0 amide bonds. The Hall–Kier alpha value is -2.70. The minimum absolute atomic E-state index is 0.00549. The van der Waals surface area contributed by atoms with Crippen molar-refractivity contribution in [3.8, 4) is 0 Å². The SMILES string of the molecule is CCOC(=O)c1cccc2[nH]c3cc(N)cc(C(F)(F)F)c3c12. The van der Waals surface area contributed by atoms with Crippen LogP contribution in [-0.2, 0) is 10.9 Å². The van der Waals surface area contributed by atoms with Crippen LogP contribution >= 0.6 is 0 Å². The first-order valence-corrected chi connectivity index (χ1v) is 6.91. The van der Waals surface area contributed by atoms with Gasteiger partial charge in [-0.2, -0.15) is 13.2 Å². The Balaban J connectivity index is 2.46. The number of aromatic amines is 1. The Bertz CT molecular complexity index is 913. The molecule has 0 atom stereocenters. The number of hydrogen-bond donors (Lipinski definition) is 2. The van der Waals surface area contributed by atoms with Crippen molar-refractivity contribution < 1.29 is 22.7 Å². The number of halogens is 3. The third kappa shape index (κ3) is 2.48. The lowest BCUT2D eigenvalue weighted by Crippen LogP contribution is -2.08. The molecule has 0 aliphatic heterocycles. The lowest BCUT2D eigenvalue weighted by molar-refractivity contribution is -0.136. The van der Waals surface area contributed by atoms with Gasteiger partial charge >= 0.3 is 12.1 Å². The average Bonchev–Trinajstić information content (AvgIpc) is 2.83. The van der Waals surface area contributed by atoms with Crippen LogP contribution in [0.1, 0.15) is 22.8 Å². The highest BCUT2D eigenvalue weighted by molar-refractivity contribution is 6.18. The maximum absolute atomic E-state index is 13.4. The number of nitrogens with two attached hydrogens (primary N) is 1. The van der Waals surface area contributed by atoms with Crippen molar-refractivity contribution >= 4 is 33.5 Å². The van der Waals surface area contributed by atoms with E-state index in [9.17, 15) is 18.0 Å². The van der Waals surface area contributed by atoms with Gasteiger partial charge in [0.15, 0.2) is 0 Å². The van der Waals surface area contributed by atoms with Gasteiger partial charge in [-0.25, -0.2) is 4.79 Å². The van der Waals surface area contributed by atoms with Gasteiger partial charge in [0, 0.05) is 27.5 Å². The third-order valence-electron chi connectivity index (χ3n) is 3.55. The fourth-order valence-corrected chi connectivity index (χ4v) is 2.71. The Morgan fingerprint density at radius 2 is 1.96 bits per heavy atom. The zero-order chi connectivity index (χ0) is 16.8. The van der Waals surface area contributed by atoms with E-state index in [1.54, 1.807) is 19.1 Å². The summed E-state index contributed by atoms with van der Waals surface area (Å²) >= 11 is 0. The first kappa shape index (κ1) is 15.2. The van der Waals surface area contributed by atoms with Crippen LogP contribution in [0.2, 0.25) is 0 Å². The number of H-pyrrole nitrogens is 1. The quantitative estimate of drug-likeness (QED) is 0.551. The van der Waals surface area contributed by atoms with Crippen LogP contribution in [0.5, 0.6) is 0 Å². The molecule has 7 heteroatoms. The molecule has 0 saturated heterocycles. The number of aromatic nitrogens is 1. The summed E-state index contributed by atoms with van der Waals surface area (Å²) < 4.78 is 45.1. The molecule has 0 fully saturated rings. The van der Waals surface area contributed by atoms with Crippen LogP contribution in [0, 0.1) is 0 Å². The summed E-state index contributed by atoms with van der Waals surface area (Å²) in [6.07, 6.45) is -4.59. The van der Waals surface area contributed by atoms with Gasteiger partial charge in [0.25, 0.3) is 0 Å². The van der Waals surface area contributed by atoms with Gasteiger partial charge in [-0.05, 0) is 31.2 Å². The number of esters is 1. The zero-order valence-electron chi connectivity index (χ0n) is 12.1. The summed E-state index contributed by atoms with van der Waals surface area (Å²) in [4.78, 5) is 15.0. The van der Waals surface area contributed by atoms with E-state index in [1.165, 1.54) is 12.1 Å². The second kappa shape index (κ2) is 5.19. The number of nitrogens with one attached hydrogen (secondary N) is 1. The monoisotopic (exact) mass is 322 g/mol. The van der Waals surface area contributed by atoms with Crippen LogP contribution in [-0.4, -0.2) is 17.6 Å². The van der Waals surface area contributed by atoms with Crippen molar-refractivity contribution in [2.45, 2.75) is 13.1 Å².